The second kappa shape index (κ2) is 7.10. The molecule has 0 saturated carbocycles. The van der Waals surface area contributed by atoms with Gasteiger partial charge in [0.15, 0.2) is 0 Å². The molecule has 1 rings (SSSR count). The topological polar surface area (TPSA) is 40.5 Å². The second-order valence-electron chi connectivity index (χ2n) is 5.19. The number of aliphatic carboxylic acids is 1. The minimum absolute atomic E-state index is 0.182. The van der Waals surface area contributed by atoms with Crippen molar-refractivity contribution in [2.75, 3.05) is 0 Å². The van der Waals surface area contributed by atoms with Gasteiger partial charge in [-0.2, -0.15) is 0 Å². The number of hydrogen-bond donors (Lipinski definition) is 1. The van der Waals surface area contributed by atoms with Crippen molar-refractivity contribution in [2.24, 2.45) is 0 Å². The highest BCUT2D eigenvalue weighted by atomic mass is 16.4. The van der Waals surface area contributed by atoms with Crippen LogP contribution in [0.4, 0.5) is 0 Å². The zero-order valence-corrected chi connectivity index (χ0v) is 12.1. The smallest absolute Gasteiger partial charge is 0.324 e. The number of carboxylic acids is 1. The summed E-state index contributed by atoms with van der Waals surface area (Å²) in [6, 6.07) is 9.52. The summed E-state index contributed by atoms with van der Waals surface area (Å²) in [7, 11) is 0. The van der Waals surface area contributed by atoms with Crippen LogP contribution in [0, 0.1) is 0 Å². The maximum Gasteiger partial charge on any atom is 0.324 e. The van der Waals surface area contributed by atoms with Crippen molar-refractivity contribution in [3.63, 3.8) is 0 Å². The van der Waals surface area contributed by atoms with Gasteiger partial charge in [-0.05, 0) is 33.3 Å². The van der Waals surface area contributed by atoms with Crippen LogP contribution >= 0.6 is 0 Å². The van der Waals surface area contributed by atoms with Crippen LogP contribution in [0.2, 0.25) is 0 Å². The van der Waals surface area contributed by atoms with Crippen molar-refractivity contribution in [3.8, 4) is 0 Å². The van der Waals surface area contributed by atoms with E-state index >= 15 is 0 Å². The van der Waals surface area contributed by atoms with Crippen molar-refractivity contribution in [1.29, 1.82) is 0 Å². The molecule has 3 nitrogen and oxygen atoms in total. The molecule has 104 valence electrons. The number of carbonyl (C=O) groups is 1. The molecule has 0 fully saturated rings. The third kappa shape index (κ3) is 4.52. The Morgan fingerprint density at radius 1 is 1.11 bits per heavy atom. The van der Waals surface area contributed by atoms with Gasteiger partial charge in [0.2, 0.25) is 0 Å². The first kappa shape index (κ1) is 15.4. The number of nitrogens with zero attached hydrogens (tertiary/aromatic N) is 1. The van der Waals surface area contributed by atoms with Gasteiger partial charge in [0.05, 0.1) is 0 Å². The van der Waals surface area contributed by atoms with Crippen LogP contribution in [-0.2, 0) is 4.79 Å². The third-order valence-electron chi connectivity index (χ3n) is 3.04. The highest BCUT2D eigenvalue weighted by Crippen LogP contribution is 2.14. The molecule has 1 N–H and O–H groups in total. The molecule has 0 spiro atoms. The van der Waals surface area contributed by atoms with Crippen LogP contribution in [0.1, 0.15) is 33.3 Å². The summed E-state index contributed by atoms with van der Waals surface area (Å²) < 4.78 is 0. The standard InChI is InChI=1S/C16H23NO2/c1-12(2)17(13(3)4)15(16(18)19)11-10-14-8-6-5-7-9-14/h5-13,15H,1-4H3,(H,18,19)/b11-10+/t15-/m0/s1. The Hall–Kier alpha value is -1.61. The van der Waals surface area contributed by atoms with Crippen molar-refractivity contribution in [1.82, 2.24) is 4.90 Å². The molecule has 1 aromatic carbocycles. The predicted octanol–water partition coefficient (Wildman–Crippen LogP) is 3.27. The van der Waals surface area contributed by atoms with E-state index in [0.29, 0.717) is 0 Å². The van der Waals surface area contributed by atoms with Crippen LogP contribution in [0.3, 0.4) is 0 Å². The van der Waals surface area contributed by atoms with E-state index in [1.54, 1.807) is 6.08 Å². The Bertz CT molecular complexity index is 416. The SMILES string of the molecule is CC(C)N(C(C)C)[C@@H](/C=C/c1ccccc1)C(=O)O. The normalized spacial score (nSPS) is 13.6. The lowest BCUT2D eigenvalue weighted by Gasteiger charge is -2.34. The Labute approximate surface area is 115 Å². The molecule has 19 heavy (non-hydrogen) atoms. The Balaban J connectivity index is 2.95. The first-order chi connectivity index (χ1) is 8.93. The molecule has 0 radical (unpaired) electrons. The van der Waals surface area contributed by atoms with Gasteiger partial charge in [0, 0.05) is 12.1 Å². The van der Waals surface area contributed by atoms with E-state index < -0.39 is 12.0 Å². The molecule has 1 aromatic rings. The van der Waals surface area contributed by atoms with Gasteiger partial charge in [0.1, 0.15) is 6.04 Å². The van der Waals surface area contributed by atoms with E-state index in [4.69, 9.17) is 0 Å². The Morgan fingerprint density at radius 3 is 2.05 bits per heavy atom. The summed E-state index contributed by atoms with van der Waals surface area (Å²) >= 11 is 0. The fourth-order valence-electron chi connectivity index (χ4n) is 2.31. The summed E-state index contributed by atoms with van der Waals surface area (Å²) in [6.45, 7) is 8.08. The molecule has 0 aliphatic rings. The monoisotopic (exact) mass is 261 g/mol. The van der Waals surface area contributed by atoms with E-state index in [1.165, 1.54) is 0 Å². The van der Waals surface area contributed by atoms with Gasteiger partial charge in [-0.1, -0.05) is 42.5 Å². The van der Waals surface area contributed by atoms with Crippen molar-refractivity contribution >= 4 is 12.0 Å². The molecular formula is C16H23NO2. The van der Waals surface area contributed by atoms with E-state index in [9.17, 15) is 9.90 Å². The first-order valence-electron chi connectivity index (χ1n) is 6.67. The van der Waals surface area contributed by atoms with E-state index in [1.807, 2.05) is 69.0 Å². The van der Waals surface area contributed by atoms with Gasteiger partial charge in [-0.15, -0.1) is 0 Å². The van der Waals surface area contributed by atoms with E-state index in [-0.39, 0.29) is 12.1 Å². The molecule has 0 aromatic heterocycles. The molecular weight excluding hydrogens is 238 g/mol. The average Bonchev–Trinajstić information content (AvgIpc) is 2.34. The summed E-state index contributed by atoms with van der Waals surface area (Å²) in [5, 5.41) is 9.43. The molecule has 0 unspecified atom stereocenters. The molecule has 3 heteroatoms. The third-order valence-corrected chi connectivity index (χ3v) is 3.04. The molecule has 0 heterocycles. The van der Waals surface area contributed by atoms with Crippen molar-refractivity contribution in [3.05, 3.63) is 42.0 Å². The van der Waals surface area contributed by atoms with Gasteiger partial charge >= 0.3 is 5.97 Å². The zero-order valence-electron chi connectivity index (χ0n) is 12.1. The quantitative estimate of drug-likeness (QED) is 0.854. The lowest BCUT2D eigenvalue weighted by atomic mass is 10.1. The summed E-state index contributed by atoms with van der Waals surface area (Å²) in [5.74, 6) is -0.811. The average molecular weight is 261 g/mol. The molecule has 0 amide bonds. The molecule has 0 aliphatic carbocycles. The number of hydrogen-bond acceptors (Lipinski definition) is 2. The van der Waals surface area contributed by atoms with E-state index in [0.717, 1.165) is 5.56 Å². The fourth-order valence-corrected chi connectivity index (χ4v) is 2.31. The maximum absolute atomic E-state index is 11.5. The second-order valence-corrected chi connectivity index (χ2v) is 5.19. The number of carboxylic acid groups (broad SMARTS) is 1. The predicted molar refractivity (Wildman–Crippen MR) is 79.0 cm³/mol. The molecule has 0 bridgehead atoms. The Morgan fingerprint density at radius 2 is 1.63 bits per heavy atom. The van der Waals surface area contributed by atoms with Crippen LogP contribution in [-0.4, -0.2) is 34.1 Å². The van der Waals surface area contributed by atoms with Gasteiger partial charge in [-0.3, -0.25) is 9.69 Å². The summed E-state index contributed by atoms with van der Waals surface area (Å²) in [4.78, 5) is 13.5. The van der Waals surface area contributed by atoms with Crippen molar-refractivity contribution < 1.29 is 9.90 Å². The van der Waals surface area contributed by atoms with Gasteiger partial charge in [-0.25, -0.2) is 0 Å². The van der Waals surface area contributed by atoms with Crippen molar-refractivity contribution in [2.45, 2.75) is 45.8 Å². The molecule has 1 atom stereocenters. The van der Waals surface area contributed by atoms with Crippen LogP contribution in [0.25, 0.3) is 6.08 Å². The fraction of sp³-hybridized carbons (Fsp3) is 0.438. The van der Waals surface area contributed by atoms with Crippen LogP contribution in [0.15, 0.2) is 36.4 Å². The lowest BCUT2D eigenvalue weighted by molar-refractivity contribution is -0.142. The summed E-state index contributed by atoms with van der Waals surface area (Å²) in [6.07, 6.45) is 3.63. The highest BCUT2D eigenvalue weighted by molar-refractivity contribution is 5.77. The molecule has 0 aliphatic heterocycles. The lowest BCUT2D eigenvalue weighted by Crippen LogP contribution is -2.48. The van der Waals surface area contributed by atoms with Gasteiger partial charge in [0.25, 0.3) is 0 Å². The first-order valence-corrected chi connectivity index (χ1v) is 6.67. The number of benzene rings is 1. The van der Waals surface area contributed by atoms with Gasteiger partial charge < -0.3 is 5.11 Å². The van der Waals surface area contributed by atoms with E-state index in [2.05, 4.69) is 0 Å². The largest absolute Gasteiger partial charge is 0.480 e. The highest BCUT2D eigenvalue weighted by Gasteiger charge is 2.27. The minimum Gasteiger partial charge on any atom is -0.480 e. The minimum atomic E-state index is -0.811. The number of rotatable bonds is 6. The Kier molecular flexibility index (Phi) is 5.77. The maximum atomic E-state index is 11.5. The van der Waals surface area contributed by atoms with Crippen LogP contribution < -0.4 is 0 Å². The zero-order chi connectivity index (χ0) is 14.4. The molecule has 0 saturated heterocycles. The van der Waals surface area contributed by atoms with Crippen LogP contribution in [0.5, 0.6) is 0 Å². The summed E-state index contributed by atoms with van der Waals surface area (Å²) in [5.41, 5.74) is 1.02.